The van der Waals surface area contributed by atoms with Crippen LogP contribution in [-0.4, -0.2) is 11.9 Å². The lowest BCUT2D eigenvalue weighted by Gasteiger charge is -2.20. The van der Waals surface area contributed by atoms with Crippen molar-refractivity contribution in [3.63, 3.8) is 0 Å². The van der Waals surface area contributed by atoms with Crippen LogP contribution in [0, 0.1) is 5.92 Å². The molecule has 1 aliphatic carbocycles. The molecule has 1 aromatic carbocycles. The van der Waals surface area contributed by atoms with Crippen molar-refractivity contribution in [2.45, 2.75) is 51.5 Å². The van der Waals surface area contributed by atoms with Gasteiger partial charge in [-0.25, -0.2) is 0 Å². The molecule has 0 bridgehead atoms. The Morgan fingerprint density at radius 1 is 1.20 bits per heavy atom. The molecule has 1 fully saturated rings. The van der Waals surface area contributed by atoms with Crippen molar-refractivity contribution in [2.24, 2.45) is 11.7 Å². The van der Waals surface area contributed by atoms with Crippen LogP contribution in [0.25, 0.3) is 0 Å². The maximum absolute atomic E-state index is 12.1. The lowest BCUT2D eigenvalue weighted by atomic mass is 9.87. The summed E-state index contributed by atoms with van der Waals surface area (Å²) in [7, 11) is 0. The molecule has 0 heterocycles. The van der Waals surface area contributed by atoms with Gasteiger partial charge in [0.15, 0.2) is 0 Å². The summed E-state index contributed by atoms with van der Waals surface area (Å²) in [5, 5.41) is 2.97. The first-order valence-electron chi connectivity index (χ1n) is 7.05. The molecule has 0 radical (unpaired) electrons. The monoisotopic (exact) mass is 296 g/mol. The van der Waals surface area contributed by atoms with Crippen LogP contribution < -0.4 is 11.1 Å². The molecule has 2 atom stereocenters. The molecule has 1 saturated carbocycles. The fourth-order valence-corrected chi connectivity index (χ4v) is 2.60. The lowest BCUT2D eigenvalue weighted by Crippen LogP contribution is -2.34. The summed E-state index contributed by atoms with van der Waals surface area (Å²) in [6.07, 6.45) is 2.93. The number of nitrogens with two attached hydrogens (primary N) is 1. The van der Waals surface area contributed by atoms with Crippen LogP contribution in [0.5, 0.6) is 0 Å². The Labute approximate surface area is 127 Å². The number of amides is 1. The van der Waals surface area contributed by atoms with E-state index in [1.165, 1.54) is 5.56 Å². The highest BCUT2D eigenvalue weighted by Gasteiger charge is 2.30. The highest BCUT2D eigenvalue weighted by molar-refractivity contribution is 5.93. The topological polar surface area (TPSA) is 55.1 Å². The molecule has 1 aromatic rings. The number of nitrogens with one attached hydrogen (secondary N) is 1. The quantitative estimate of drug-likeness (QED) is 0.878. The van der Waals surface area contributed by atoms with E-state index in [0.717, 1.165) is 24.9 Å². The Hall–Kier alpha value is -1.06. The van der Waals surface area contributed by atoms with Gasteiger partial charge in [-0.15, -0.1) is 12.4 Å². The molecular formula is C16H25ClN2O. The van der Waals surface area contributed by atoms with Gasteiger partial charge in [0.2, 0.25) is 5.91 Å². The van der Waals surface area contributed by atoms with E-state index in [1.807, 2.05) is 12.1 Å². The van der Waals surface area contributed by atoms with E-state index in [-0.39, 0.29) is 35.7 Å². The number of carbonyl (C=O) groups is 1. The van der Waals surface area contributed by atoms with Crippen molar-refractivity contribution in [1.29, 1.82) is 0 Å². The summed E-state index contributed by atoms with van der Waals surface area (Å²) >= 11 is 0. The third-order valence-corrected chi connectivity index (χ3v) is 3.92. The van der Waals surface area contributed by atoms with Crippen molar-refractivity contribution < 1.29 is 4.79 Å². The SMILES string of the molecule is CC(C)(C)c1ccc(NC(=O)C2CCCC2N)cc1.Cl. The second-order valence-electron chi connectivity index (χ2n) is 6.52. The van der Waals surface area contributed by atoms with Crippen molar-refractivity contribution >= 4 is 24.0 Å². The molecule has 4 heteroatoms. The third kappa shape index (κ3) is 3.97. The molecule has 112 valence electrons. The van der Waals surface area contributed by atoms with Crippen LogP contribution in [0.3, 0.4) is 0 Å². The van der Waals surface area contributed by atoms with Gasteiger partial charge in [-0.3, -0.25) is 4.79 Å². The van der Waals surface area contributed by atoms with Gasteiger partial charge in [0.1, 0.15) is 0 Å². The fraction of sp³-hybridized carbons (Fsp3) is 0.562. The highest BCUT2D eigenvalue weighted by atomic mass is 35.5. The smallest absolute Gasteiger partial charge is 0.229 e. The average molecular weight is 297 g/mol. The molecule has 0 saturated heterocycles. The summed E-state index contributed by atoms with van der Waals surface area (Å²) in [4.78, 5) is 12.1. The predicted octanol–water partition coefficient (Wildman–Crippen LogP) is 3.47. The molecule has 1 amide bonds. The minimum atomic E-state index is -0.0257. The minimum absolute atomic E-state index is 0. The van der Waals surface area contributed by atoms with Gasteiger partial charge in [0, 0.05) is 11.7 Å². The van der Waals surface area contributed by atoms with Crippen LogP contribution in [0.4, 0.5) is 5.69 Å². The van der Waals surface area contributed by atoms with Gasteiger partial charge in [-0.2, -0.15) is 0 Å². The van der Waals surface area contributed by atoms with Crippen LogP contribution in [0.1, 0.15) is 45.6 Å². The first-order chi connectivity index (χ1) is 8.88. The minimum Gasteiger partial charge on any atom is -0.327 e. The molecule has 1 aliphatic rings. The first-order valence-corrected chi connectivity index (χ1v) is 7.05. The van der Waals surface area contributed by atoms with Gasteiger partial charge in [-0.05, 0) is 36.0 Å². The number of rotatable bonds is 2. The van der Waals surface area contributed by atoms with Crippen molar-refractivity contribution in [1.82, 2.24) is 0 Å². The lowest BCUT2D eigenvalue weighted by molar-refractivity contribution is -0.120. The van der Waals surface area contributed by atoms with Gasteiger partial charge < -0.3 is 11.1 Å². The zero-order chi connectivity index (χ0) is 14.0. The van der Waals surface area contributed by atoms with Crippen molar-refractivity contribution in [2.75, 3.05) is 5.32 Å². The van der Waals surface area contributed by atoms with Crippen LogP contribution in [-0.2, 0) is 10.2 Å². The summed E-state index contributed by atoms with van der Waals surface area (Å²) in [5.74, 6) is 0.0378. The van der Waals surface area contributed by atoms with Crippen LogP contribution >= 0.6 is 12.4 Å². The van der Waals surface area contributed by atoms with E-state index >= 15 is 0 Å². The van der Waals surface area contributed by atoms with E-state index in [0.29, 0.717) is 0 Å². The van der Waals surface area contributed by atoms with E-state index in [4.69, 9.17) is 5.73 Å². The molecule has 2 unspecified atom stereocenters. The van der Waals surface area contributed by atoms with Gasteiger partial charge in [0.25, 0.3) is 0 Å². The van der Waals surface area contributed by atoms with Gasteiger partial charge >= 0.3 is 0 Å². The van der Waals surface area contributed by atoms with E-state index < -0.39 is 0 Å². The normalized spacial score (nSPS) is 22.2. The number of halogens is 1. The summed E-state index contributed by atoms with van der Waals surface area (Å²) in [6, 6.07) is 8.11. The summed E-state index contributed by atoms with van der Waals surface area (Å²) in [5.41, 5.74) is 8.21. The zero-order valence-electron chi connectivity index (χ0n) is 12.5. The molecule has 3 N–H and O–H groups in total. The highest BCUT2D eigenvalue weighted by Crippen LogP contribution is 2.26. The predicted molar refractivity (Wildman–Crippen MR) is 86.3 cm³/mol. The zero-order valence-corrected chi connectivity index (χ0v) is 13.3. The molecule has 2 rings (SSSR count). The number of anilines is 1. The molecular weight excluding hydrogens is 272 g/mol. The third-order valence-electron chi connectivity index (χ3n) is 3.92. The second-order valence-corrected chi connectivity index (χ2v) is 6.52. The molecule has 0 aromatic heterocycles. The van der Waals surface area contributed by atoms with Gasteiger partial charge in [-0.1, -0.05) is 39.3 Å². The Balaban J connectivity index is 0.00000200. The summed E-state index contributed by atoms with van der Waals surface area (Å²) in [6.45, 7) is 6.54. The number of hydrogen-bond acceptors (Lipinski definition) is 2. The van der Waals surface area contributed by atoms with E-state index in [1.54, 1.807) is 0 Å². The van der Waals surface area contributed by atoms with E-state index in [2.05, 4.69) is 38.2 Å². The van der Waals surface area contributed by atoms with E-state index in [9.17, 15) is 4.79 Å². The van der Waals surface area contributed by atoms with Gasteiger partial charge in [0.05, 0.1) is 5.92 Å². The van der Waals surface area contributed by atoms with Crippen molar-refractivity contribution in [3.8, 4) is 0 Å². The number of carbonyl (C=O) groups excluding carboxylic acids is 1. The van der Waals surface area contributed by atoms with Crippen LogP contribution in [0.2, 0.25) is 0 Å². The number of benzene rings is 1. The standard InChI is InChI=1S/C16H24N2O.ClH/c1-16(2,3)11-7-9-12(10-8-11)18-15(19)13-5-4-6-14(13)17;/h7-10,13-14H,4-6,17H2,1-3H3,(H,18,19);1H. The van der Waals surface area contributed by atoms with Crippen LogP contribution in [0.15, 0.2) is 24.3 Å². The first kappa shape index (κ1) is 17.0. The number of hydrogen-bond donors (Lipinski definition) is 2. The molecule has 20 heavy (non-hydrogen) atoms. The molecule has 3 nitrogen and oxygen atoms in total. The molecule has 0 aliphatic heterocycles. The Morgan fingerprint density at radius 2 is 1.80 bits per heavy atom. The second kappa shape index (κ2) is 6.59. The largest absolute Gasteiger partial charge is 0.327 e. The maximum Gasteiger partial charge on any atom is 0.229 e. The fourth-order valence-electron chi connectivity index (χ4n) is 2.60. The maximum atomic E-state index is 12.1. The van der Waals surface area contributed by atoms with Crippen molar-refractivity contribution in [3.05, 3.63) is 29.8 Å². The summed E-state index contributed by atoms with van der Waals surface area (Å²) < 4.78 is 0. The Kier molecular flexibility index (Phi) is 5.60. The Morgan fingerprint density at radius 3 is 2.25 bits per heavy atom. The Bertz CT molecular complexity index is 451. The molecule has 0 spiro atoms. The average Bonchev–Trinajstić information content (AvgIpc) is 2.75.